The van der Waals surface area contributed by atoms with Crippen molar-refractivity contribution in [2.24, 2.45) is 0 Å². The van der Waals surface area contributed by atoms with Crippen LogP contribution >= 0.6 is 0 Å². The van der Waals surface area contributed by atoms with Crippen LogP contribution in [-0.2, 0) is 16.3 Å². The Bertz CT molecular complexity index is 1190. The molecule has 0 radical (unpaired) electrons. The monoisotopic (exact) mass is 459 g/mol. The minimum Gasteiger partial charge on any atom is -0.493 e. The number of aromatic nitrogens is 2. The van der Waals surface area contributed by atoms with E-state index in [9.17, 15) is 17.6 Å². The first-order valence-electron chi connectivity index (χ1n) is 10.2. The highest BCUT2D eigenvalue weighted by Crippen LogP contribution is 2.19. The molecular weight excluding hydrogens is 433 g/mol. The molecule has 0 saturated carbocycles. The van der Waals surface area contributed by atoms with Crippen molar-refractivity contribution in [3.8, 4) is 11.4 Å². The summed E-state index contributed by atoms with van der Waals surface area (Å²) in [6.07, 6.45) is 3.84. The van der Waals surface area contributed by atoms with Crippen LogP contribution in [-0.4, -0.2) is 55.5 Å². The average Bonchev–Trinajstić information content (AvgIpc) is 3.20. The minimum atomic E-state index is -3.30. The fourth-order valence-corrected chi connectivity index (χ4v) is 3.95. The van der Waals surface area contributed by atoms with E-state index in [1.54, 1.807) is 40.9 Å². The lowest BCUT2D eigenvalue weighted by atomic mass is 10.1. The van der Waals surface area contributed by atoms with E-state index < -0.39 is 9.84 Å². The van der Waals surface area contributed by atoms with Crippen molar-refractivity contribution in [3.63, 3.8) is 0 Å². The molecule has 0 spiro atoms. The first-order valence-corrected chi connectivity index (χ1v) is 12.1. The van der Waals surface area contributed by atoms with Gasteiger partial charge >= 0.3 is 0 Å². The lowest BCUT2D eigenvalue weighted by Gasteiger charge is -2.18. The molecule has 0 aliphatic carbocycles. The summed E-state index contributed by atoms with van der Waals surface area (Å²) in [5.41, 5.74) is 1.94. The molecule has 32 heavy (non-hydrogen) atoms. The minimum absolute atomic E-state index is 0.158. The summed E-state index contributed by atoms with van der Waals surface area (Å²) < 4.78 is 43.8. The first kappa shape index (κ1) is 23.5. The molecule has 0 fully saturated rings. The van der Waals surface area contributed by atoms with Gasteiger partial charge in [0.25, 0.3) is 5.91 Å². The van der Waals surface area contributed by atoms with Crippen molar-refractivity contribution in [2.75, 3.05) is 26.5 Å². The van der Waals surface area contributed by atoms with Gasteiger partial charge in [0.1, 0.15) is 11.6 Å². The van der Waals surface area contributed by atoms with Gasteiger partial charge in [0.15, 0.2) is 9.84 Å². The molecule has 0 aliphatic rings. The summed E-state index contributed by atoms with van der Waals surface area (Å²) in [7, 11) is -1.59. The highest BCUT2D eigenvalue weighted by Gasteiger charge is 2.20. The van der Waals surface area contributed by atoms with Gasteiger partial charge in [0, 0.05) is 19.8 Å². The molecule has 1 amide bonds. The Labute approximate surface area is 187 Å². The van der Waals surface area contributed by atoms with Gasteiger partial charge in [0.2, 0.25) is 0 Å². The second-order valence-corrected chi connectivity index (χ2v) is 9.44. The summed E-state index contributed by atoms with van der Waals surface area (Å²) in [6.45, 7) is 2.72. The van der Waals surface area contributed by atoms with Gasteiger partial charge in [-0.05, 0) is 55.3 Å². The summed E-state index contributed by atoms with van der Waals surface area (Å²) in [5, 5.41) is 4.33. The Kier molecular flexibility index (Phi) is 7.29. The van der Waals surface area contributed by atoms with Crippen LogP contribution in [0, 0.1) is 5.82 Å². The lowest BCUT2D eigenvalue weighted by Crippen LogP contribution is -2.29. The normalized spacial score (nSPS) is 11.4. The van der Waals surface area contributed by atoms with Gasteiger partial charge in [0.05, 0.1) is 34.6 Å². The van der Waals surface area contributed by atoms with Crippen molar-refractivity contribution in [2.45, 2.75) is 24.7 Å². The lowest BCUT2D eigenvalue weighted by molar-refractivity contribution is 0.0786. The third-order valence-corrected chi connectivity index (χ3v) is 6.10. The molecule has 0 N–H and O–H groups in total. The van der Waals surface area contributed by atoms with Crippen molar-refractivity contribution < 1.29 is 22.3 Å². The zero-order valence-corrected chi connectivity index (χ0v) is 19.1. The number of carbonyl (C=O) groups excluding carboxylic acids is 1. The van der Waals surface area contributed by atoms with Gasteiger partial charge in [-0.1, -0.05) is 13.0 Å². The smallest absolute Gasteiger partial charge is 0.257 e. The number of carbonyl (C=O) groups is 1. The zero-order chi connectivity index (χ0) is 23.3. The van der Waals surface area contributed by atoms with E-state index in [0.29, 0.717) is 43.0 Å². The predicted octanol–water partition coefficient (Wildman–Crippen LogP) is 3.52. The first-order chi connectivity index (χ1) is 15.2. The van der Waals surface area contributed by atoms with Crippen molar-refractivity contribution in [3.05, 3.63) is 71.8 Å². The van der Waals surface area contributed by atoms with E-state index in [4.69, 9.17) is 4.74 Å². The van der Waals surface area contributed by atoms with Crippen LogP contribution in [0.15, 0.2) is 59.6 Å². The Hall–Kier alpha value is -3.20. The highest BCUT2D eigenvalue weighted by atomic mass is 32.2. The molecule has 9 heteroatoms. The maximum atomic E-state index is 13.2. The Morgan fingerprint density at radius 3 is 2.56 bits per heavy atom. The fraction of sp³-hybridized carbons (Fsp3) is 0.304. The van der Waals surface area contributed by atoms with Crippen LogP contribution in [0.1, 0.15) is 29.4 Å². The molecule has 170 valence electrons. The number of halogens is 1. The third-order valence-electron chi connectivity index (χ3n) is 4.99. The molecule has 0 atom stereocenters. The average molecular weight is 460 g/mol. The number of hydrogen-bond donors (Lipinski definition) is 0. The number of benzene rings is 2. The Morgan fingerprint density at radius 1 is 1.19 bits per heavy atom. The molecule has 0 bridgehead atoms. The largest absolute Gasteiger partial charge is 0.493 e. The number of hydrogen-bond acceptors (Lipinski definition) is 5. The predicted molar refractivity (Wildman–Crippen MR) is 120 cm³/mol. The van der Waals surface area contributed by atoms with Crippen LogP contribution in [0.2, 0.25) is 0 Å². The molecule has 0 saturated heterocycles. The second kappa shape index (κ2) is 9.95. The van der Waals surface area contributed by atoms with E-state index >= 15 is 0 Å². The Morgan fingerprint density at radius 2 is 1.91 bits per heavy atom. The third kappa shape index (κ3) is 5.53. The van der Waals surface area contributed by atoms with Crippen LogP contribution < -0.4 is 4.74 Å². The second-order valence-electron chi connectivity index (χ2n) is 7.42. The Balaban J connectivity index is 1.60. The van der Waals surface area contributed by atoms with E-state index in [2.05, 4.69) is 5.10 Å². The number of amides is 1. The standard InChI is InChI=1S/C23H26FN3O4S/c1-4-22-21(16-25-27(22)18-11-9-17(24)10-12-18)23(28)26(2)13-6-14-31-19-7-5-8-20(15-19)32(3,29)30/h5,7-12,15-16H,4,6,13-14H2,1-3H3. The van der Waals surface area contributed by atoms with Gasteiger partial charge in [-0.25, -0.2) is 17.5 Å². The topological polar surface area (TPSA) is 81.5 Å². The number of sulfone groups is 1. The maximum Gasteiger partial charge on any atom is 0.257 e. The molecule has 2 aromatic carbocycles. The van der Waals surface area contributed by atoms with Crippen molar-refractivity contribution >= 4 is 15.7 Å². The molecule has 0 aliphatic heterocycles. The van der Waals surface area contributed by atoms with Gasteiger partial charge in [-0.3, -0.25) is 4.79 Å². The van der Waals surface area contributed by atoms with Gasteiger partial charge in [-0.15, -0.1) is 0 Å². The van der Waals surface area contributed by atoms with Crippen LogP contribution in [0.3, 0.4) is 0 Å². The van der Waals surface area contributed by atoms with Gasteiger partial charge in [-0.2, -0.15) is 5.10 Å². The van der Waals surface area contributed by atoms with E-state index in [0.717, 1.165) is 11.9 Å². The maximum absolute atomic E-state index is 13.2. The zero-order valence-electron chi connectivity index (χ0n) is 18.3. The fourth-order valence-electron chi connectivity index (χ4n) is 3.29. The summed E-state index contributed by atoms with van der Waals surface area (Å²) in [5.74, 6) is -0.0229. The van der Waals surface area contributed by atoms with E-state index in [1.807, 2.05) is 6.92 Å². The van der Waals surface area contributed by atoms with E-state index in [-0.39, 0.29) is 16.6 Å². The molecule has 3 rings (SSSR count). The quantitative estimate of drug-likeness (QED) is 0.458. The summed E-state index contributed by atoms with van der Waals surface area (Å²) in [6, 6.07) is 12.3. The summed E-state index contributed by atoms with van der Waals surface area (Å²) >= 11 is 0. The highest BCUT2D eigenvalue weighted by molar-refractivity contribution is 7.90. The molecule has 0 unspecified atom stereocenters. The van der Waals surface area contributed by atoms with Crippen LogP contribution in [0.5, 0.6) is 5.75 Å². The van der Waals surface area contributed by atoms with Gasteiger partial charge < -0.3 is 9.64 Å². The molecular formula is C23H26FN3O4S. The number of rotatable bonds is 9. The van der Waals surface area contributed by atoms with Crippen molar-refractivity contribution in [1.82, 2.24) is 14.7 Å². The molecule has 1 aromatic heterocycles. The molecule has 7 nitrogen and oxygen atoms in total. The molecule has 1 heterocycles. The SMILES string of the molecule is CCc1c(C(=O)N(C)CCCOc2cccc(S(C)(=O)=O)c2)cnn1-c1ccc(F)cc1. The van der Waals surface area contributed by atoms with Crippen LogP contribution in [0.4, 0.5) is 4.39 Å². The van der Waals surface area contributed by atoms with E-state index in [1.165, 1.54) is 30.5 Å². The molecule has 3 aromatic rings. The van der Waals surface area contributed by atoms with Crippen LogP contribution in [0.25, 0.3) is 5.69 Å². The summed E-state index contributed by atoms with van der Waals surface area (Å²) in [4.78, 5) is 14.7. The van der Waals surface area contributed by atoms with Crippen molar-refractivity contribution in [1.29, 1.82) is 0 Å². The number of nitrogens with zero attached hydrogens (tertiary/aromatic N) is 3. The number of ether oxygens (including phenoxy) is 1.